The molecule has 1 aromatic rings. The van der Waals surface area contributed by atoms with Crippen molar-refractivity contribution in [3.05, 3.63) is 18.0 Å². The molecule has 1 saturated carbocycles. The largest absolute Gasteiger partial charge is 0.460 e. The van der Waals surface area contributed by atoms with E-state index < -0.39 is 0 Å². The van der Waals surface area contributed by atoms with Gasteiger partial charge in [0.05, 0.1) is 0 Å². The SMILES string of the molecule is N#Cc1ccnc(OC2CCC2)n1. The molecule has 1 aliphatic rings. The minimum atomic E-state index is 0.258. The molecule has 1 heterocycles. The van der Waals surface area contributed by atoms with Gasteiger partial charge >= 0.3 is 6.01 Å². The molecule has 0 spiro atoms. The average molecular weight is 175 g/mol. The number of nitriles is 1. The minimum Gasteiger partial charge on any atom is -0.460 e. The predicted octanol–water partition coefficient (Wildman–Crippen LogP) is 1.28. The van der Waals surface area contributed by atoms with E-state index in [4.69, 9.17) is 10.00 Å². The van der Waals surface area contributed by atoms with Crippen LogP contribution in [0.4, 0.5) is 0 Å². The van der Waals surface area contributed by atoms with Crippen LogP contribution in [0.1, 0.15) is 25.0 Å². The molecular formula is C9H9N3O. The van der Waals surface area contributed by atoms with Crippen molar-refractivity contribution in [2.24, 2.45) is 0 Å². The van der Waals surface area contributed by atoms with Crippen molar-refractivity contribution in [1.82, 2.24) is 9.97 Å². The zero-order valence-electron chi connectivity index (χ0n) is 7.10. The van der Waals surface area contributed by atoms with E-state index in [9.17, 15) is 0 Å². The van der Waals surface area contributed by atoms with Crippen molar-refractivity contribution < 1.29 is 4.74 Å². The molecule has 4 nitrogen and oxygen atoms in total. The maximum absolute atomic E-state index is 8.57. The molecule has 0 aliphatic heterocycles. The van der Waals surface area contributed by atoms with E-state index in [1.807, 2.05) is 6.07 Å². The van der Waals surface area contributed by atoms with Gasteiger partial charge in [-0.1, -0.05) is 0 Å². The molecule has 4 heteroatoms. The van der Waals surface area contributed by atoms with Gasteiger partial charge in [0.1, 0.15) is 17.9 Å². The topological polar surface area (TPSA) is 58.8 Å². The Bertz CT molecular complexity index is 341. The lowest BCUT2D eigenvalue weighted by Crippen LogP contribution is -2.25. The van der Waals surface area contributed by atoms with Crippen LogP contribution in [-0.2, 0) is 0 Å². The predicted molar refractivity (Wildman–Crippen MR) is 45.0 cm³/mol. The molecule has 0 bridgehead atoms. The first kappa shape index (κ1) is 7.99. The van der Waals surface area contributed by atoms with Crippen molar-refractivity contribution in [2.45, 2.75) is 25.4 Å². The Balaban J connectivity index is 2.07. The van der Waals surface area contributed by atoms with Crippen LogP contribution in [0.15, 0.2) is 12.3 Å². The Kier molecular flexibility index (Phi) is 2.09. The van der Waals surface area contributed by atoms with Crippen LogP contribution in [0.5, 0.6) is 6.01 Å². The molecule has 1 aliphatic carbocycles. The number of aromatic nitrogens is 2. The Hall–Kier alpha value is -1.63. The number of hydrogen-bond donors (Lipinski definition) is 0. The fraction of sp³-hybridized carbons (Fsp3) is 0.444. The molecule has 1 fully saturated rings. The summed E-state index contributed by atoms with van der Waals surface area (Å²) < 4.78 is 5.42. The smallest absolute Gasteiger partial charge is 0.317 e. The summed E-state index contributed by atoms with van der Waals surface area (Å²) >= 11 is 0. The minimum absolute atomic E-state index is 0.258. The van der Waals surface area contributed by atoms with Gasteiger partial charge in [-0.3, -0.25) is 0 Å². The lowest BCUT2D eigenvalue weighted by atomic mass is 9.96. The molecule has 0 saturated heterocycles. The highest BCUT2D eigenvalue weighted by molar-refractivity contribution is 5.19. The Morgan fingerprint density at radius 2 is 2.38 bits per heavy atom. The van der Waals surface area contributed by atoms with E-state index in [-0.39, 0.29) is 6.10 Å². The molecule has 0 atom stereocenters. The first-order valence-corrected chi connectivity index (χ1v) is 4.28. The third kappa shape index (κ3) is 1.75. The maximum atomic E-state index is 8.57. The summed E-state index contributed by atoms with van der Waals surface area (Å²) in [7, 11) is 0. The second-order valence-corrected chi connectivity index (χ2v) is 3.01. The zero-order valence-corrected chi connectivity index (χ0v) is 7.10. The number of hydrogen-bond acceptors (Lipinski definition) is 4. The molecule has 1 aromatic heterocycles. The van der Waals surface area contributed by atoms with E-state index in [0.29, 0.717) is 11.7 Å². The molecule has 0 aromatic carbocycles. The van der Waals surface area contributed by atoms with Crippen LogP contribution in [0.3, 0.4) is 0 Å². The van der Waals surface area contributed by atoms with Crippen molar-refractivity contribution >= 4 is 0 Å². The van der Waals surface area contributed by atoms with E-state index in [2.05, 4.69) is 9.97 Å². The highest BCUT2D eigenvalue weighted by Crippen LogP contribution is 2.22. The van der Waals surface area contributed by atoms with Gasteiger partial charge < -0.3 is 4.74 Å². The lowest BCUT2D eigenvalue weighted by Gasteiger charge is -2.24. The van der Waals surface area contributed by atoms with Crippen LogP contribution in [0.2, 0.25) is 0 Å². The molecule has 0 radical (unpaired) electrons. The lowest BCUT2D eigenvalue weighted by molar-refractivity contribution is 0.108. The van der Waals surface area contributed by atoms with Crippen LogP contribution in [0.25, 0.3) is 0 Å². The Morgan fingerprint density at radius 3 is 3.00 bits per heavy atom. The van der Waals surface area contributed by atoms with E-state index >= 15 is 0 Å². The van der Waals surface area contributed by atoms with Crippen molar-refractivity contribution in [3.63, 3.8) is 0 Å². The van der Waals surface area contributed by atoms with Crippen LogP contribution in [-0.4, -0.2) is 16.1 Å². The van der Waals surface area contributed by atoms with Gasteiger partial charge in [-0.25, -0.2) is 4.98 Å². The molecule has 66 valence electrons. The Morgan fingerprint density at radius 1 is 1.54 bits per heavy atom. The van der Waals surface area contributed by atoms with Crippen LogP contribution < -0.4 is 4.74 Å². The molecule has 2 rings (SSSR count). The highest BCUT2D eigenvalue weighted by atomic mass is 16.5. The second-order valence-electron chi connectivity index (χ2n) is 3.01. The first-order chi connectivity index (χ1) is 6.38. The molecule has 13 heavy (non-hydrogen) atoms. The quantitative estimate of drug-likeness (QED) is 0.679. The van der Waals surface area contributed by atoms with Gasteiger partial charge in [-0.05, 0) is 25.3 Å². The Labute approximate surface area is 76.2 Å². The van der Waals surface area contributed by atoms with E-state index in [0.717, 1.165) is 12.8 Å². The fourth-order valence-corrected chi connectivity index (χ4v) is 1.10. The number of rotatable bonds is 2. The molecule has 0 amide bonds. The van der Waals surface area contributed by atoms with Crippen LogP contribution in [0, 0.1) is 11.3 Å². The average Bonchev–Trinajstić information content (AvgIpc) is 2.12. The number of ether oxygens (including phenoxy) is 1. The summed E-state index contributed by atoms with van der Waals surface area (Å²) in [4.78, 5) is 7.84. The summed E-state index contributed by atoms with van der Waals surface area (Å²) in [6.45, 7) is 0. The molecule has 0 N–H and O–H groups in total. The summed E-state index contributed by atoms with van der Waals surface area (Å²) in [6, 6.07) is 3.83. The normalized spacial score (nSPS) is 15.9. The van der Waals surface area contributed by atoms with E-state index in [1.165, 1.54) is 6.42 Å². The van der Waals surface area contributed by atoms with Gasteiger partial charge in [0.25, 0.3) is 0 Å². The summed E-state index contributed by atoms with van der Waals surface area (Å²) in [5.41, 5.74) is 0.351. The zero-order chi connectivity index (χ0) is 9.10. The third-order valence-corrected chi connectivity index (χ3v) is 2.07. The summed E-state index contributed by atoms with van der Waals surface area (Å²) in [6.07, 6.45) is 5.15. The van der Waals surface area contributed by atoms with Crippen LogP contribution >= 0.6 is 0 Å². The van der Waals surface area contributed by atoms with Gasteiger partial charge in [0.2, 0.25) is 0 Å². The monoisotopic (exact) mass is 175 g/mol. The van der Waals surface area contributed by atoms with Crippen molar-refractivity contribution in [1.29, 1.82) is 5.26 Å². The van der Waals surface area contributed by atoms with Gasteiger partial charge in [-0.15, -0.1) is 0 Å². The second kappa shape index (κ2) is 3.40. The van der Waals surface area contributed by atoms with Crippen molar-refractivity contribution in [2.75, 3.05) is 0 Å². The first-order valence-electron chi connectivity index (χ1n) is 4.28. The fourth-order valence-electron chi connectivity index (χ4n) is 1.10. The van der Waals surface area contributed by atoms with E-state index in [1.54, 1.807) is 12.3 Å². The summed E-state index contributed by atoms with van der Waals surface area (Å²) in [5, 5.41) is 8.57. The maximum Gasteiger partial charge on any atom is 0.317 e. The van der Waals surface area contributed by atoms with Crippen molar-refractivity contribution in [3.8, 4) is 12.1 Å². The summed E-state index contributed by atoms with van der Waals surface area (Å²) in [5.74, 6) is 0. The van der Waals surface area contributed by atoms with Gasteiger partial charge in [-0.2, -0.15) is 10.2 Å². The molecule has 0 unspecified atom stereocenters. The molecular weight excluding hydrogens is 166 g/mol. The number of nitrogens with zero attached hydrogens (tertiary/aromatic N) is 3. The standard InChI is InChI=1S/C9H9N3O/c10-6-7-4-5-11-9(12-7)13-8-2-1-3-8/h4-5,8H,1-3H2. The van der Waals surface area contributed by atoms with Gasteiger partial charge in [0.15, 0.2) is 0 Å². The third-order valence-electron chi connectivity index (χ3n) is 2.07. The highest BCUT2D eigenvalue weighted by Gasteiger charge is 2.20. The van der Waals surface area contributed by atoms with Gasteiger partial charge in [0, 0.05) is 6.20 Å².